The number of halogens is 1. The second-order valence-corrected chi connectivity index (χ2v) is 2.01. The highest BCUT2D eigenvalue weighted by Crippen LogP contribution is 2.19. The quantitative estimate of drug-likeness (QED) is 0.525. The van der Waals surface area contributed by atoms with Gasteiger partial charge in [-0.1, -0.05) is 23.7 Å². The van der Waals surface area contributed by atoms with Crippen LogP contribution in [0.15, 0.2) is 24.3 Å². The average Bonchev–Trinajstić information content (AvgIpc) is 1.94. The molecule has 0 bridgehead atoms. The Morgan fingerprint density at radius 1 is 1.40 bits per heavy atom. The second-order valence-electron chi connectivity index (χ2n) is 1.79. The van der Waals surface area contributed by atoms with Crippen molar-refractivity contribution in [2.24, 2.45) is 0 Å². The topological polar surface area (TPSA) is 35.2 Å². The Balaban J connectivity index is 2.81. The van der Waals surface area contributed by atoms with Crippen molar-refractivity contribution in [2.45, 2.75) is 0 Å². The van der Waals surface area contributed by atoms with Crippen molar-refractivity contribution in [3.8, 4) is 5.75 Å². The van der Waals surface area contributed by atoms with Gasteiger partial charge in [-0.05, 0) is 12.1 Å². The van der Waals surface area contributed by atoms with Crippen LogP contribution in [0.2, 0.25) is 0 Å². The fourth-order valence-corrected chi connectivity index (χ4v) is 0.788. The van der Waals surface area contributed by atoms with E-state index in [1.165, 1.54) is 0 Å². The van der Waals surface area contributed by atoms with E-state index in [-0.39, 0.29) is 6.07 Å². The van der Waals surface area contributed by atoms with Gasteiger partial charge in [0.25, 0.3) is 0 Å². The highest BCUT2D eigenvalue weighted by Gasteiger charge is 1.94. The fourth-order valence-electron chi connectivity index (χ4n) is 0.671. The minimum Gasteiger partial charge on any atom is -0.476 e. The molecule has 0 saturated heterocycles. The van der Waals surface area contributed by atoms with Gasteiger partial charge in [-0.25, -0.2) is 0 Å². The molecule has 0 atom stereocenters. The molecule has 10 heavy (non-hydrogen) atoms. The number of ether oxygens (including phenoxy) is 1. The third kappa shape index (κ3) is 1.54. The van der Waals surface area contributed by atoms with Gasteiger partial charge in [0, 0.05) is 0 Å². The molecule has 3 heteroatoms. The Labute approximate surface area is 64.6 Å². The fraction of sp³-hybridized carbons (Fsp3) is 0.143. The molecular weight excluding hydrogens is 150 g/mol. The van der Waals surface area contributed by atoms with Crippen molar-refractivity contribution in [1.29, 1.82) is 0 Å². The van der Waals surface area contributed by atoms with E-state index in [0.717, 1.165) is 0 Å². The molecule has 0 heterocycles. The van der Waals surface area contributed by atoms with Crippen LogP contribution in [-0.4, -0.2) is 6.07 Å². The van der Waals surface area contributed by atoms with Gasteiger partial charge >= 0.3 is 0 Å². The zero-order valence-corrected chi connectivity index (χ0v) is 6.14. The van der Waals surface area contributed by atoms with Crippen molar-refractivity contribution in [3.05, 3.63) is 24.3 Å². The number of anilines is 1. The van der Waals surface area contributed by atoms with Crippen LogP contribution < -0.4 is 10.5 Å². The first-order valence-electron chi connectivity index (χ1n) is 2.88. The van der Waals surface area contributed by atoms with Crippen molar-refractivity contribution in [2.75, 3.05) is 11.8 Å². The molecule has 0 aliphatic heterocycles. The molecule has 54 valence electrons. The van der Waals surface area contributed by atoms with E-state index >= 15 is 0 Å². The summed E-state index contributed by atoms with van der Waals surface area (Å²) in [6.45, 7) is 0. The predicted molar refractivity (Wildman–Crippen MR) is 42.2 cm³/mol. The molecule has 0 saturated carbocycles. The molecule has 0 amide bonds. The molecule has 0 fully saturated rings. The number of alkyl halides is 1. The van der Waals surface area contributed by atoms with Crippen LogP contribution in [0.5, 0.6) is 5.75 Å². The van der Waals surface area contributed by atoms with Gasteiger partial charge in [0.2, 0.25) is 0 Å². The maximum Gasteiger partial charge on any atom is 0.162 e. The molecule has 1 rings (SSSR count). The van der Waals surface area contributed by atoms with Crippen LogP contribution >= 0.6 is 11.6 Å². The zero-order valence-electron chi connectivity index (χ0n) is 5.38. The summed E-state index contributed by atoms with van der Waals surface area (Å²) >= 11 is 5.33. The number of benzene rings is 1. The number of rotatable bonds is 2. The maximum atomic E-state index is 5.52. The minimum absolute atomic E-state index is 0.133. The summed E-state index contributed by atoms with van der Waals surface area (Å²) in [5, 5.41) is 0. The van der Waals surface area contributed by atoms with Gasteiger partial charge in [0.1, 0.15) is 5.75 Å². The summed E-state index contributed by atoms with van der Waals surface area (Å²) in [5.41, 5.74) is 6.14. The van der Waals surface area contributed by atoms with E-state index in [2.05, 4.69) is 0 Å². The number of nitrogen functional groups attached to an aromatic ring is 1. The average molecular weight is 158 g/mol. The third-order valence-corrected chi connectivity index (χ3v) is 1.24. The summed E-state index contributed by atoms with van der Waals surface area (Å²) < 4.78 is 4.98. The first-order valence-corrected chi connectivity index (χ1v) is 3.41. The number of hydrogen-bond acceptors (Lipinski definition) is 2. The second kappa shape index (κ2) is 3.32. The molecule has 2 N–H and O–H groups in total. The highest BCUT2D eigenvalue weighted by molar-refractivity contribution is 6.17. The SMILES string of the molecule is Nc1ccccc1OCCl. The van der Waals surface area contributed by atoms with Gasteiger partial charge in [0.15, 0.2) is 6.07 Å². The van der Waals surface area contributed by atoms with Crippen LogP contribution in [0.4, 0.5) is 5.69 Å². The molecule has 0 aliphatic carbocycles. The standard InChI is InChI=1S/C7H8ClNO/c8-5-10-7-4-2-1-3-6(7)9/h1-4H,5,9H2. The number of hydrogen-bond donors (Lipinski definition) is 1. The van der Waals surface area contributed by atoms with Gasteiger partial charge in [-0.2, -0.15) is 0 Å². The summed E-state index contributed by atoms with van der Waals surface area (Å²) in [6, 6.07) is 7.36. The van der Waals surface area contributed by atoms with Crippen LogP contribution in [0.3, 0.4) is 0 Å². The Bertz CT molecular complexity index is 215. The monoisotopic (exact) mass is 157 g/mol. The summed E-state index contributed by atoms with van der Waals surface area (Å²) in [4.78, 5) is 0. The lowest BCUT2D eigenvalue weighted by Crippen LogP contribution is -1.93. The van der Waals surface area contributed by atoms with E-state index < -0.39 is 0 Å². The van der Waals surface area contributed by atoms with E-state index in [0.29, 0.717) is 11.4 Å². The third-order valence-electron chi connectivity index (χ3n) is 1.13. The van der Waals surface area contributed by atoms with E-state index in [1.807, 2.05) is 12.1 Å². The van der Waals surface area contributed by atoms with E-state index in [9.17, 15) is 0 Å². The predicted octanol–water partition coefficient (Wildman–Crippen LogP) is 1.84. The summed E-state index contributed by atoms with van der Waals surface area (Å²) in [6.07, 6.45) is 0. The van der Waals surface area contributed by atoms with E-state index in [1.54, 1.807) is 12.1 Å². The van der Waals surface area contributed by atoms with Crippen molar-refractivity contribution in [1.82, 2.24) is 0 Å². The minimum atomic E-state index is 0.133. The van der Waals surface area contributed by atoms with Crippen LogP contribution in [0.25, 0.3) is 0 Å². The molecular formula is C7H8ClNO. The van der Waals surface area contributed by atoms with Crippen LogP contribution in [0.1, 0.15) is 0 Å². The largest absolute Gasteiger partial charge is 0.476 e. The van der Waals surface area contributed by atoms with Gasteiger partial charge in [-0.3, -0.25) is 0 Å². The van der Waals surface area contributed by atoms with Gasteiger partial charge in [-0.15, -0.1) is 0 Å². The van der Waals surface area contributed by atoms with Crippen molar-refractivity contribution in [3.63, 3.8) is 0 Å². The highest BCUT2D eigenvalue weighted by atomic mass is 35.5. The molecule has 0 aliphatic rings. The molecule has 1 aromatic rings. The first-order chi connectivity index (χ1) is 4.84. The molecule has 0 spiro atoms. The molecule has 0 aromatic heterocycles. The lowest BCUT2D eigenvalue weighted by Gasteiger charge is -2.03. The Morgan fingerprint density at radius 2 is 2.10 bits per heavy atom. The smallest absolute Gasteiger partial charge is 0.162 e. The first kappa shape index (κ1) is 7.22. The van der Waals surface area contributed by atoms with Gasteiger partial charge in [0.05, 0.1) is 5.69 Å². The van der Waals surface area contributed by atoms with Crippen LogP contribution in [0, 0.1) is 0 Å². The zero-order chi connectivity index (χ0) is 7.40. The lowest BCUT2D eigenvalue weighted by atomic mass is 10.3. The van der Waals surface area contributed by atoms with Crippen LogP contribution in [-0.2, 0) is 0 Å². The summed E-state index contributed by atoms with van der Waals surface area (Å²) in [5.74, 6) is 0.637. The summed E-state index contributed by atoms with van der Waals surface area (Å²) in [7, 11) is 0. The number of para-hydroxylation sites is 2. The Kier molecular flexibility index (Phi) is 2.40. The van der Waals surface area contributed by atoms with Gasteiger partial charge < -0.3 is 10.5 Å². The molecule has 0 radical (unpaired) electrons. The normalized spacial score (nSPS) is 9.30. The van der Waals surface area contributed by atoms with E-state index in [4.69, 9.17) is 22.1 Å². The molecule has 1 aromatic carbocycles. The molecule has 2 nitrogen and oxygen atoms in total. The number of nitrogens with two attached hydrogens (primary N) is 1. The lowest BCUT2D eigenvalue weighted by molar-refractivity contribution is 0.390. The Morgan fingerprint density at radius 3 is 2.70 bits per heavy atom. The maximum absolute atomic E-state index is 5.52. The Hall–Kier alpha value is -0.890. The van der Waals surface area contributed by atoms with Crippen molar-refractivity contribution >= 4 is 17.3 Å². The van der Waals surface area contributed by atoms with Crippen molar-refractivity contribution < 1.29 is 4.74 Å². The molecule has 0 unspecified atom stereocenters.